The van der Waals surface area contributed by atoms with Gasteiger partial charge < -0.3 is 9.80 Å². The number of hydrogen-bond donors (Lipinski definition) is 0. The number of piperazine rings is 1. The van der Waals surface area contributed by atoms with Crippen molar-refractivity contribution in [2.24, 2.45) is 7.05 Å². The van der Waals surface area contributed by atoms with Crippen LogP contribution < -0.4 is 4.90 Å². The second-order valence-corrected chi connectivity index (χ2v) is 7.95. The van der Waals surface area contributed by atoms with Gasteiger partial charge in [-0.3, -0.25) is 4.79 Å². The SMILES string of the molecule is Cc1ccc(CN2CCN(c3nc4c(s3)c(C)nn4C)[C@H](C)C2=O)cc1. The van der Waals surface area contributed by atoms with Crippen LogP contribution in [0.15, 0.2) is 24.3 Å². The maximum atomic E-state index is 12.9. The van der Waals surface area contributed by atoms with Crippen molar-refractivity contribution in [3.63, 3.8) is 0 Å². The van der Waals surface area contributed by atoms with Gasteiger partial charge in [0.2, 0.25) is 5.91 Å². The highest BCUT2D eigenvalue weighted by Gasteiger charge is 2.33. The Balaban J connectivity index is 1.53. The standard InChI is InChI=1S/C19H23N5OS/c1-12-5-7-15(8-6-12)11-23-9-10-24(14(3)18(23)25)19-20-17-16(26-19)13(2)21-22(17)4/h5-8,14H,9-11H2,1-4H3/t14-/m1/s1. The van der Waals surface area contributed by atoms with Gasteiger partial charge in [0.25, 0.3) is 0 Å². The molecule has 136 valence electrons. The highest BCUT2D eigenvalue weighted by Crippen LogP contribution is 2.33. The maximum absolute atomic E-state index is 12.9. The molecular formula is C19H23N5OS. The summed E-state index contributed by atoms with van der Waals surface area (Å²) in [5.74, 6) is 0.158. The predicted octanol–water partition coefficient (Wildman–Crippen LogP) is 2.88. The van der Waals surface area contributed by atoms with Crippen molar-refractivity contribution in [3.8, 4) is 0 Å². The third-order valence-electron chi connectivity index (χ3n) is 5.02. The molecule has 0 aliphatic carbocycles. The second-order valence-electron chi connectivity index (χ2n) is 6.97. The topological polar surface area (TPSA) is 54.3 Å². The van der Waals surface area contributed by atoms with Gasteiger partial charge in [0, 0.05) is 26.7 Å². The first-order chi connectivity index (χ1) is 12.4. The Kier molecular flexibility index (Phi) is 4.19. The fourth-order valence-electron chi connectivity index (χ4n) is 3.46. The number of benzene rings is 1. The first kappa shape index (κ1) is 17.0. The minimum atomic E-state index is -0.206. The van der Waals surface area contributed by atoms with Crippen molar-refractivity contribution in [1.82, 2.24) is 19.7 Å². The average Bonchev–Trinajstić information content (AvgIpc) is 3.16. The number of carbonyl (C=O) groups excluding carboxylic acids is 1. The Morgan fingerprint density at radius 1 is 1.19 bits per heavy atom. The van der Waals surface area contributed by atoms with E-state index in [0.29, 0.717) is 13.1 Å². The monoisotopic (exact) mass is 369 g/mol. The van der Waals surface area contributed by atoms with Gasteiger partial charge >= 0.3 is 0 Å². The third-order valence-corrected chi connectivity index (χ3v) is 6.21. The van der Waals surface area contributed by atoms with Crippen LogP contribution in [0.5, 0.6) is 0 Å². The van der Waals surface area contributed by atoms with Gasteiger partial charge in [-0.15, -0.1) is 0 Å². The summed E-state index contributed by atoms with van der Waals surface area (Å²) in [6.07, 6.45) is 0. The van der Waals surface area contributed by atoms with Crippen molar-refractivity contribution < 1.29 is 4.79 Å². The van der Waals surface area contributed by atoms with Crippen molar-refractivity contribution in [2.45, 2.75) is 33.4 Å². The van der Waals surface area contributed by atoms with E-state index in [1.165, 1.54) is 11.1 Å². The molecule has 3 heterocycles. The number of aryl methyl sites for hydroxylation is 3. The highest BCUT2D eigenvalue weighted by atomic mass is 32.1. The summed E-state index contributed by atoms with van der Waals surface area (Å²) in [6, 6.07) is 8.18. The number of aromatic nitrogens is 3. The molecule has 0 unspecified atom stereocenters. The fraction of sp³-hybridized carbons (Fsp3) is 0.421. The number of thiazole rings is 1. The maximum Gasteiger partial charge on any atom is 0.245 e. The summed E-state index contributed by atoms with van der Waals surface area (Å²) in [7, 11) is 1.91. The van der Waals surface area contributed by atoms with Gasteiger partial charge in [-0.2, -0.15) is 5.10 Å². The number of nitrogens with zero attached hydrogens (tertiary/aromatic N) is 5. The molecule has 1 atom stereocenters. The Morgan fingerprint density at radius 2 is 1.92 bits per heavy atom. The van der Waals surface area contributed by atoms with Crippen molar-refractivity contribution in [1.29, 1.82) is 0 Å². The summed E-state index contributed by atoms with van der Waals surface area (Å²) in [4.78, 5) is 21.7. The molecule has 4 rings (SSSR count). The molecule has 0 bridgehead atoms. The van der Waals surface area contributed by atoms with Crippen LogP contribution in [-0.4, -0.2) is 44.7 Å². The molecule has 0 saturated carbocycles. The molecule has 0 N–H and O–H groups in total. The van der Waals surface area contributed by atoms with E-state index in [-0.39, 0.29) is 11.9 Å². The molecular weight excluding hydrogens is 346 g/mol. The van der Waals surface area contributed by atoms with Crippen LogP contribution in [0, 0.1) is 13.8 Å². The van der Waals surface area contributed by atoms with E-state index in [9.17, 15) is 4.79 Å². The van der Waals surface area contributed by atoms with Crippen molar-refractivity contribution in [3.05, 3.63) is 41.1 Å². The molecule has 6 nitrogen and oxygen atoms in total. The van der Waals surface area contributed by atoms with E-state index >= 15 is 0 Å². The molecule has 1 saturated heterocycles. The van der Waals surface area contributed by atoms with Crippen molar-refractivity contribution >= 4 is 32.7 Å². The molecule has 1 aliphatic heterocycles. The second kappa shape index (κ2) is 6.39. The summed E-state index contributed by atoms with van der Waals surface area (Å²) in [6.45, 7) is 8.22. The Hall–Kier alpha value is -2.41. The van der Waals surface area contributed by atoms with E-state index in [2.05, 4.69) is 41.2 Å². The first-order valence-corrected chi connectivity index (χ1v) is 9.67. The zero-order valence-electron chi connectivity index (χ0n) is 15.6. The number of anilines is 1. The minimum absolute atomic E-state index is 0.158. The van der Waals surface area contributed by atoms with Gasteiger partial charge in [-0.1, -0.05) is 41.2 Å². The van der Waals surface area contributed by atoms with Crippen LogP contribution in [0.25, 0.3) is 10.3 Å². The average molecular weight is 369 g/mol. The molecule has 1 amide bonds. The molecule has 1 aromatic carbocycles. The summed E-state index contributed by atoms with van der Waals surface area (Å²) < 4.78 is 2.91. The molecule has 0 radical (unpaired) electrons. The first-order valence-electron chi connectivity index (χ1n) is 8.85. The zero-order chi connectivity index (χ0) is 18.4. The van der Waals surface area contributed by atoms with E-state index in [4.69, 9.17) is 4.98 Å². The number of hydrogen-bond acceptors (Lipinski definition) is 5. The summed E-state index contributed by atoms with van der Waals surface area (Å²) >= 11 is 1.62. The Labute approximate surface area is 157 Å². The van der Waals surface area contributed by atoms with Gasteiger partial charge in [0.05, 0.1) is 10.4 Å². The minimum Gasteiger partial charge on any atom is -0.335 e. The van der Waals surface area contributed by atoms with Gasteiger partial charge in [0.15, 0.2) is 10.8 Å². The zero-order valence-corrected chi connectivity index (χ0v) is 16.4. The molecule has 1 fully saturated rings. The Morgan fingerprint density at radius 3 is 2.62 bits per heavy atom. The predicted molar refractivity (Wildman–Crippen MR) is 105 cm³/mol. The molecule has 26 heavy (non-hydrogen) atoms. The van der Waals surface area contributed by atoms with Gasteiger partial charge in [-0.05, 0) is 26.3 Å². The lowest BCUT2D eigenvalue weighted by atomic mass is 10.1. The Bertz CT molecular complexity index is 924. The number of rotatable bonds is 3. The molecule has 0 spiro atoms. The largest absolute Gasteiger partial charge is 0.335 e. The van der Waals surface area contributed by atoms with E-state index < -0.39 is 0 Å². The number of amides is 1. The van der Waals surface area contributed by atoms with Crippen LogP contribution in [0.4, 0.5) is 5.13 Å². The summed E-state index contributed by atoms with van der Waals surface area (Å²) in [5, 5.41) is 5.32. The lowest BCUT2D eigenvalue weighted by molar-refractivity contribution is -0.134. The number of fused-ring (bicyclic) bond motifs is 1. The van der Waals surface area contributed by atoms with Gasteiger partial charge in [-0.25, -0.2) is 9.67 Å². The van der Waals surface area contributed by atoms with Crippen LogP contribution in [0.3, 0.4) is 0 Å². The number of carbonyl (C=O) groups is 1. The smallest absolute Gasteiger partial charge is 0.245 e. The normalized spacial score (nSPS) is 18.2. The molecule has 7 heteroatoms. The fourth-order valence-corrected chi connectivity index (χ4v) is 4.60. The molecule has 3 aromatic rings. The lowest BCUT2D eigenvalue weighted by Gasteiger charge is -2.39. The van der Waals surface area contributed by atoms with Crippen LogP contribution in [0.1, 0.15) is 23.7 Å². The van der Waals surface area contributed by atoms with E-state index in [1.54, 1.807) is 11.3 Å². The van der Waals surface area contributed by atoms with Crippen LogP contribution in [-0.2, 0) is 18.4 Å². The van der Waals surface area contributed by atoms with Crippen LogP contribution in [0.2, 0.25) is 0 Å². The molecule has 1 aliphatic rings. The highest BCUT2D eigenvalue weighted by molar-refractivity contribution is 7.22. The quantitative estimate of drug-likeness (QED) is 0.712. The summed E-state index contributed by atoms with van der Waals surface area (Å²) in [5.41, 5.74) is 4.29. The van der Waals surface area contributed by atoms with E-state index in [1.807, 2.05) is 30.5 Å². The third kappa shape index (κ3) is 2.86. The lowest BCUT2D eigenvalue weighted by Crippen LogP contribution is -2.55. The molecule has 2 aromatic heterocycles. The van der Waals surface area contributed by atoms with Crippen molar-refractivity contribution in [2.75, 3.05) is 18.0 Å². The van der Waals surface area contributed by atoms with E-state index in [0.717, 1.165) is 27.7 Å². The van der Waals surface area contributed by atoms with Crippen LogP contribution >= 0.6 is 11.3 Å². The van der Waals surface area contributed by atoms with Gasteiger partial charge in [0.1, 0.15) is 6.04 Å².